The molecule has 0 fully saturated rings. The van der Waals surface area contributed by atoms with E-state index in [1.165, 1.54) is 21.9 Å². The molecular weight excluding hydrogens is 429 g/mol. The van der Waals surface area contributed by atoms with Gasteiger partial charge in [0.15, 0.2) is 0 Å². The van der Waals surface area contributed by atoms with Gasteiger partial charge in [0.1, 0.15) is 0 Å². The smallest absolute Gasteiger partial charge is 0 e. The van der Waals surface area contributed by atoms with Crippen LogP contribution in [0.15, 0.2) is 42.5 Å². The molecular formula is C16H15Np-. The summed E-state index contributed by atoms with van der Waals surface area (Å²) < 4.78 is 0. The average molecular weight is 444 g/mol. The Hall–Kier alpha value is -0.677. The molecule has 17 heavy (non-hydrogen) atoms. The molecule has 85 valence electrons. The van der Waals surface area contributed by atoms with Gasteiger partial charge in [-0.2, -0.15) is 0 Å². The second-order valence-electron chi connectivity index (χ2n) is 5.09. The van der Waals surface area contributed by atoms with Crippen molar-refractivity contribution in [3.05, 3.63) is 53.6 Å². The average Bonchev–Trinajstić information content (AvgIpc) is 2.54. The summed E-state index contributed by atoms with van der Waals surface area (Å²) in [6.07, 6.45) is 9.06. The Bertz CT molecular complexity index is 597. The van der Waals surface area contributed by atoms with Gasteiger partial charge in [-0.15, -0.1) is 46.2 Å². The molecule has 2 aromatic carbocycles. The fourth-order valence-corrected chi connectivity index (χ4v) is 2.25. The first-order valence-corrected chi connectivity index (χ1v) is 5.73. The van der Waals surface area contributed by atoms with Crippen LogP contribution in [-0.2, 0) is 0 Å². The van der Waals surface area contributed by atoms with Crippen LogP contribution in [0.1, 0.15) is 25.0 Å². The number of benzene rings is 1. The maximum Gasteiger partial charge on any atom is 0 e. The van der Waals surface area contributed by atoms with Crippen LogP contribution >= 0.6 is 0 Å². The van der Waals surface area contributed by atoms with Crippen molar-refractivity contribution in [1.82, 2.24) is 0 Å². The molecule has 0 N–H and O–H groups in total. The number of fused-ring (bicyclic) bond motifs is 3. The summed E-state index contributed by atoms with van der Waals surface area (Å²) in [6.45, 7) is 4.46. The summed E-state index contributed by atoms with van der Waals surface area (Å²) in [5.41, 5.74) is 2.85. The Labute approximate surface area is 125 Å². The van der Waals surface area contributed by atoms with E-state index in [0.29, 0.717) is 0 Å². The minimum Gasteiger partial charge on any atom is -0.126 e. The first kappa shape index (κ1) is 12.8. The van der Waals surface area contributed by atoms with Gasteiger partial charge < -0.3 is 0 Å². The van der Waals surface area contributed by atoms with Crippen LogP contribution in [0.25, 0.3) is 22.9 Å². The molecule has 0 heterocycles. The molecule has 1 aliphatic rings. The molecule has 0 atom stereocenters. The number of hydrogen-bond acceptors (Lipinski definition) is 0. The SMILES string of the molecule is CC1(C)C=Cc2[cH-]c3ccccc3c2C=C1.[Np]. The Kier molecular flexibility index (Phi) is 3.41. The van der Waals surface area contributed by atoms with E-state index in [1.54, 1.807) is 0 Å². The van der Waals surface area contributed by atoms with E-state index in [4.69, 9.17) is 0 Å². The zero-order valence-corrected chi connectivity index (χ0v) is 13.9. The van der Waals surface area contributed by atoms with E-state index in [2.05, 4.69) is 68.5 Å². The van der Waals surface area contributed by atoms with Crippen LogP contribution in [0.3, 0.4) is 0 Å². The molecule has 1 aliphatic carbocycles. The maximum absolute atomic E-state index is 2.28. The molecule has 0 saturated carbocycles. The van der Waals surface area contributed by atoms with Gasteiger partial charge in [-0.1, -0.05) is 44.2 Å². The van der Waals surface area contributed by atoms with E-state index in [9.17, 15) is 0 Å². The van der Waals surface area contributed by atoms with Crippen molar-refractivity contribution in [3.63, 3.8) is 0 Å². The predicted octanol–water partition coefficient (Wildman–Crippen LogP) is 4.62. The van der Waals surface area contributed by atoms with E-state index in [1.807, 2.05) is 0 Å². The molecule has 0 unspecified atom stereocenters. The van der Waals surface area contributed by atoms with Crippen molar-refractivity contribution in [1.29, 1.82) is 0 Å². The molecule has 0 aliphatic heterocycles. The van der Waals surface area contributed by atoms with Crippen molar-refractivity contribution in [3.8, 4) is 0 Å². The minimum absolute atomic E-state index is 0. The number of allylic oxidation sites excluding steroid dienone is 2. The van der Waals surface area contributed by atoms with Crippen molar-refractivity contribution in [2.24, 2.45) is 5.41 Å². The molecule has 0 nitrogen and oxygen atoms in total. The van der Waals surface area contributed by atoms with Gasteiger partial charge in [0.2, 0.25) is 0 Å². The zero-order chi connectivity index (χ0) is 11.2. The molecule has 0 saturated heterocycles. The normalized spacial score (nSPS) is 16.4. The van der Waals surface area contributed by atoms with Gasteiger partial charge in [0, 0.05) is 29.9 Å². The van der Waals surface area contributed by atoms with Crippen molar-refractivity contribution in [2.75, 3.05) is 0 Å². The third-order valence-electron chi connectivity index (χ3n) is 3.24. The topological polar surface area (TPSA) is 0 Å². The summed E-state index contributed by atoms with van der Waals surface area (Å²) in [5.74, 6) is 0. The second-order valence-corrected chi connectivity index (χ2v) is 5.09. The van der Waals surface area contributed by atoms with Gasteiger partial charge >= 0.3 is 0 Å². The van der Waals surface area contributed by atoms with Crippen molar-refractivity contribution < 1.29 is 29.9 Å². The standard InChI is InChI=1S/C16H15.Np/c1-16(2)9-7-13-11-12-5-3-4-6-14(12)15(13)8-10-16;/h3-11H,1-2H3;/q-1;. The Morgan fingerprint density at radius 1 is 1.00 bits per heavy atom. The molecule has 1 radical (unpaired) electrons. The van der Waals surface area contributed by atoms with Gasteiger partial charge in [0.05, 0.1) is 0 Å². The second kappa shape index (κ2) is 4.54. The largest absolute Gasteiger partial charge is 0.126 e. The van der Waals surface area contributed by atoms with Crippen LogP contribution in [0.4, 0.5) is 0 Å². The van der Waals surface area contributed by atoms with Gasteiger partial charge in [-0.05, 0) is 5.41 Å². The van der Waals surface area contributed by atoms with Gasteiger partial charge in [0.25, 0.3) is 0 Å². The van der Waals surface area contributed by atoms with Gasteiger partial charge in [-0.25, -0.2) is 0 Å². The molecule has 3 rings (SSSR count). The predicted molar refractivity (Wildman–Crippen MR) is 71.4 cm³/mol. The maximum atomic E-state index is 2.28. The van der Waals surface area contributed by atoms with Crippen LogP contribution in [0.5, 0.6) is 0 Å². The molecule has 1 heteroatoms. The molecule has 2 aromatic rings. The molecule has 0 bridgehead atoms. The number of rotatable bonds is 0. The fraction of sp³-hybridized carbons (Fsp3) is 0.188. The van der Waals surface area contributed by atoms with Crippen LogP contribution in [0.2, 0.25) is 0 Å². The van der Waals surface area contributed by atoms with Crippen molar-refractivity contribution >= 4 is 22.9 Å². The van der Waals surface area contributed by atoms with E-state index in [-0.39, 0.29) is 35.4 Å². The monoisotopic (exact) mass is 443 g/mol. The third kappa shape index (κ3) is 2.31. The first-order valence-electron chi connectivity index (χ1n) is 5.73. The fourth-order valence-electron chi connectivity index (χ4n) is 2.25. The van der Waals surface area contributed by atoms with E-state index < -0.39 is 0 Å². The zero-order valence-electron chi connectivity index (χ0n) is 10.1. The van der Waals surface area contributed by atoms with E-state index in [0.717, 1.165) is 0 Å². The number of hydrogen-bond donors (Lipinski definition) is 0. The molecule has 0 spiro atoms. The Morgan fingerprint density at radius 3 is 2.53 bits per heavy atom. The Morgan fingerprint density at radius 2 is 1.71 bits per heavy atom. The minimum atomic E-state index is 0. The molecule has 0 aromatic heterocycles. The quantitative estimate of drug-likeness (QED) is 0.521. The first-order chi connectivity index (χ1) is 7.66. The van der Waals surface area contributed by atoms with Crippen LogP contribution in [-0.4, -0.2) is 0 Å². The molecule has 0 amide bonds. The van der Waals surface area contributed by atoms with Crippen LogP contribution < -0.4 is 0 Å². The summed E-state index contributed by atoms with van der Waals surface area (Å²) in [5, 5.41) is 2.69. The Balaban J connectivity index is 0.00000108. The summed E-state index contributed by atoms with van der Waals surface area (Å²) in [7, 11) is 0. The summed E-state index contributed by atoms with van der Waals surface area (Å²) in [6, 6.07) is 10.9. The van der Waals surface area contributed by atoms with Gasteiger partial charge in [-0.3, -0.25) is 0 Å². The van der Waals surface area contributed by atoms with Crippen LogP contribution in [0, 0.1) is 35.4 Å². The van der Waals surface area contributed by atoms with E-state index >= 15 is 0 Å². The van der Waals surface area contributed by atoms with Crippen molar-refractivity contribution in [2.45, 2.75) is 13.8 Å². The summed E-state index contributed by atoms with van der Waals surface area (Å²) >= 11 is 0. The third-order valence-corrected chi connectivity index (χ3v) is 3.24. The summed E-state index contributed by atoms with van der Waals surface area (Å²) in [4.78, 5) is 0.